The van der Waals surface area contributed by atoms with Crippen molar-refractivity contribution in [3.8, 4) is 0 Å². The van der Waals surface area contributed by atoms with E-state index >= 15 is 0 Å². The summed E-state index contributed by atoms with van der Waals surface area (Å²) >= 11 is 5.14. The first-order chi connectivity index (χ1) is 5.83. The summed E-state index contributed by atoms with van der Waals surface area (Å²) in [6, 6.07) is 3.09. The maximum Gasteiger partial charge on any atom is 0.0578 e. The second kappa shape index (κ2) is 6.47. The van der Waals surface area contributed by atoms with Gasteiger partial charge in [0, 0.05) is 0 Å². The van der Waals surface area contributed by atoms with Gasteiger partial charge in [0.05, 0.1) is 16.1 Å². The van der Waals surface area contributed by atoms with Gasteiger partial charge in [-0.1, -0.05) is 89.9 Å². The van der Waals surface area contributed by atoms with Crippen LogP contribution in [0.4, 0.5) is 0 Å². The van der Waals surface area contributed by atoms with Gasteiger partial charge in [-0.15, -0.1) is 0 Å². The third kappa shape index (κ3) is 7.78. The molecule has 0 aromatic carbocycles. The zero-order chi connectivity index (χ0) is 10.5. The predicted molar refractivity (Wildman–Crippen MR) is 87.0 cm³/mol. The van der Waals surface area contributed by atoms with Gasteiger partial charge < -0.3 is 0 Å². The van der Waals surface area contributed by atoms with Gasteiger partial charge >= 0.3 is 0 Å². The zero-order valence-corrected chi connectivity index (χ0v) is 15.6. The Kier molecular flexibility index (Phi) is 7.41. The van der Waals surface area contributed by atoms with Crippen molar-refractivity contribution in [2.75, 3.05) is 8.10 Å². The monoisotopic (exact) mass is 440 g/mol. The molecular weight excluding hydrogens is 418 g/mol. The molecule has 0 radical (unpaired) electrons. The zero-order valence-electron chi connectivity index (χ0n) is 9.29. The Bertz CT molecular complexity index is 131. The van der Waals surface area contributed by atoms with E-state index < -0.39 is 16.1 Å². The van der Waals surface area contributed by atoms with Gasteiger partial charge in [-0.25, -0.2) is 0 Å². The minimum Gasteiger partial charge on any atom is -0.0897 e. The van der Waals surface area contributed by atoms with E-state index in [9.17, 15) is 0 Å². The van der Waals surface area contributed by atoms with E-state index in [2.05, 4.69) is 71.4 Å². The molecular formula is C9H22I2Si2. The largest absolute Gasteiger partial charge is 0.0897 e. The van der Waals surface area contributed by atoms with E-state index in [1.54, 1.807) is 12.1 Å². The Morgan fingerprint density at radius 3 is 1.31 bits per heavy atom. The maximum absolute atomic E-state index is 2.57. The fourth-order valence-electron chi connectivity index (χ4n) is 1.18. The minimum absolute atomic E-state index is 0.783. The number of alkyl halides is 2. The average Bonchev–Trinajstić information content (AvgIpc) is 2.04. The van der Waals surface area contributed by atoms with Crippen molar-refractivity contribution in [1.29, 1.82) is 0 Å². The second-order valence-electron chi connectivity index (χ2n) is 5.45. The summed E-state index contributed by atoms with van der Waals surface area (Å²) in [7, 11) is -1.57. The molecule has 0 spiro atoms. The summed E-state index contributed by atoms with van der Waals surface area (Å²) in [5.74, 6) is 0. The Labute approximate surface area is 113 Å². The molecule has 0 aliphatic rings. The van der Waals surface area contributed by atoms with Gasteiger partial charge in [0.15, 0.2) is 0 Å². The Hall–Kier alpha value is 1.89. The molecule has 0 heterocycles. The first kappa shape index (κ1) is 14.9. The Balaban J connectivity index is 3.68. The number of hydrogen-bond donors (Lipinski definition) is 0. The number of rotatable bonds is 6. The number of hydrogen-bond acceptors (Lipinski definition) is 0. The summed E-state index contributed by atoms with van der Waals surface area (Å²) < 4.78 is 2.86. The van der Waals surface area contributed by atoms with E-state index in [0.717, 1.165) is 0 Å². The van der Waals surface area contributed by atoms with Crippen LogP contribution in [0.3, 0.4) is 0 Å². The number of halogens is 2. The predicted octanol–water partition coefficient (Wildman–Crippen LogP) is 4.74. The standard InChI is InChI=1S/C9H22I2Si2/c1-12(2,8-10)6-5-7-13(3,4)9-11/h5-9H2,1-4H3. The summed E-state index contributed by atoms with van der Waals surface area (Å²) in [5.41, 5.74) is 0. The normalized spacial score (nSPS) is 13.4. The summed E-state index contributed by atoms with van der Waals surface area (Å²) in [6.07, 6.45) is 1.50. The van der Waals surface area contributed by atoms with Gasteiger partial charge in [0.1, 0.15) is 0 Å². The third-order valence-corrected chi connectivity index (χ3v) is 19.7. The lowest BCUT2D eigenvalue weighted by atomic mass is 10.6. The molecule has 0 nitrogen and oxygen atoms in total. The molecule has 0 aliphatic carbocycles. The highest BCUT2D eigenvalue weighted by Crippen LogP contribution is 2.22. The molecule has 0 aliphatic heterocycles. The summed E-state index contributed by atoms with van der Waals surface area (Å²) in [5, 5.41) is 0. The van der Waals surface area contributed by atoms with Gasteiger partial charge in [-0.3, -0.25) is 0 Å². The molecule has 80 valence electrons. The summed E-state index contributed by atoms with van der Waals surface area (Å²) in [4.78, 5) is 0. The molecule has 13 heavy (non-hydrogen) atoms. The molecule has 0 atom stereocenters. The molecule has 4 heteroatoms. The quantitative estimate of drug-likeness (QED) is 0.318. The molecule has 0 aromatic rings. The van der Waals surface area contributed by atoms with Crippen LogP contribution in [-0.2, 0) is 0 Å². The Morgan fingerprint density at radius 2 is 1.08 bits per heavy atom. The van der Waals surface area contributed by atoms with Crippen LogP contribution < -0.4 is 0 Å². The fraction of sp³-hybridized carbons (Fsp3) is 1.00. The van der Waals surface area contributed by atoms with E-state index in [1.807, 2.05) is 0 Å². The lowest BCUT2D eigenvalue weighted by Crippen LogP contribution is -2.31. The molecule has 0 amide bonds. The third-order valence-electron chi connectivity index (χ3n) is 2.43. The van der Waals surface area contributed by atoms with Crippen LogP contribution in [0.15, 0.2) is 0 Å². The average molecular weight is 440 g/mol. The van der Waals surface area contributed by atoms with Crippen molar-refractivity contribution < 1.29 is 0 Å². The van der Waals surface area contributed by atoms with Gasteiger partial charge in [-0.2, -0.15) is 0 Å². The fourth-order valence-corrected chi connectivity index (χ4v) is 6.36. The molecule has 0 fully saturated rings. The maximum atomic E-state index is 2.57. The van der Waals surface area contributed by atoms with Crippen LogP contribution in [0.5, 0.6) is 0 Å². The highest BCUT2D eigenvalue weighted by atomic mass is 127. The molecule has 0 saturated heterocycles. The molecule has 0 saturated carbocycles. The summed E-state index contributed by atoms with van der Waals surface area (Å²) in [6.45, 7) is 10.1. The first-order valence-electron chi connectivity index (χ1n) is 4.95. The van der Waals surface area contributed by atoms with Gasteiger partial charge in [0.25, 0.3) is 0 Å². The molecule has 0 bridgehead atoms. The molecule has 0 N–H and O–H groups in total. The van der Waals surface area contributed by atoms with E-state index in [1.165, 1.54) is 14.5 Å². The van der Waals surface area contributed by atoms with Gasteiger partial charge in [0.2, 0.25) is 0 Å². The van der Waals surface area contributed by atoms with E-state index in [4.69, 9.17) is 0 Å². The lowest BCUT2D eigenvalue weighted by Gasteiger charge is -2.23. The van der Waals surface area contributed by atoms with Crippen molar-refractivity contribution in [2.45, 2.75) is 44.7 Å². The van der Waals surface area contributed by atoms with Crippen molar-refractivity contribution in [2.24, 2.45) is 0 Å². The van der Waals surface area contributed by atoms with Crippen molar-refractivity contribution >= 4 is 61.3 Å². The van der Waals surface area contributed by atoms with Gasteiger partial charge in [-0.05, 0) is 8.10 Å². The SMILES string of the molecule is C[Si](C)(CI)CCC[Si](C)(C)CI. The highest BCUT2D eigenvalue weighted by Gasteiger charge is 2.22. The second-order valence-corrected chi connectivity index (χ2v) is 20.2. The molecule has 0 unspecified atom stereocenters. The van der Waals surface area contributed by atoms with Crippen LogP contribution in [0, 0.1) is 0 Å². The van der Waals surface area contributed by atoms with Crippen LogP contribution in [0.25, 0.3) is 0 Å². The van der Waals surface area contributed by atoms with Crippen LogP contribution in [0.1, 0.15) is 6.42 Å². The van der Waals surface area contributed by atoms with Crippen LogP contribution in [0.2, 0.25) is 38.3 Å². The molecule has 0 rings (SSSR count). The van der Waals surface area contributed by atoms with Crippen LogP contribution >= 0.6 is 45.2 Å². The van der Waals surface area contributed by atoms with Crippen molar-refractivity contribution in [1.82, 2.24) is 0 Å². The topological polar surface area (TPSA) is 0 Å². The smallest absolute Gasteiger partial charge is 0.0578 e. The highest BCUT2D eigenvalue weighted by molar-refractivity contribution is 14.1. The lowest BCUT2D eigenvalue weighted by molar-refractivity contribution is 1.01. The van der Waals surface area contributed by atoms with E-state index in [-0.39, 0.29) is 0 Å². The Morgan fingerprint density at radius 1 is 0.769 bits per heavy atom. The minimum atomic E-state index is -0.783. The van der Waals surface area contributed by atoms with Crippen LogP contribution in [-0.4, -0.2) is 24.2 Å². The first-order valence-corrected chi connectivity index (χ1v) is 14.8. The van der Waals surface area contributed by atoms with Crippen molar-refractivity contribution in [3.05, 3.63) is 0 Å². The van der Waals surface area contributed by atoms with E-state index in [0.29, 0.717) is 0 Å². The van der Waals surface area contributed by atoms with Crippen molar-refractivity contribution in [3.63, 3.8) is 0 Å². The molecule has 0 aromatic heterocycles.